The van der Waals surface area contributed by atoms with Gasteiger partial charge in [0.25, 0.3) is 0 Å². The SMILES string of the molecule is CC(=O)Nc1ccc(F)cc1NC(=O)NC1CCCCC1. The number of hydrogen-bond acceptors (Lipinski definition) is 2. The molecule has 114 valence electrons. The summed E-state index contributed by atoms with van der Waals surface area (Å²) >= 11 is 0. The van der Waals surface area contributed by atoms with Crippen molar-refractivity contribution >= 4 is 23.3 Å². The first kappa shape index (κ1) is 15.3. The third-order valence-corrected chi connectivity index (χ3v) is 3.48. The standard InChI is InChI=1S/C15H20FN3O2/c1-10(20)17-13-8-7-11(16)9-14(13)19-15(21)18-12-5-3-2-4-6-12/h7-9,12H,2-6H2,1H3,(H,17,20)(H2,18,19,21). The highest BCUT2D eigenvalue weighted by Gasteiger charge is 2.16. The van der Waals surface area contributed by atoms with Crippen molar-refractivity contribution in [2.75, 3.05) is 10.6 Å². The van der Waals surface area contributed by atoms with Gasteiger partial charge in [-0.2, -0.15) is 0 Å². The summed E-state index contributed by atoms with van der Waals surface area (Å²) in [7, 11) is 0. The second-order valence-electron chi connectivity index (χ2n) is 5.30. The second kappa shape index (κ2) is 7.06. The zero-order valence-corrected chi connectivity index (χ0v) is 12.0. The Morgan fingerprint density at radius 3 is 2.48 bits per heavy atom. The Hall–Kier alpha value is -2.11. The fourth-order valence-electron chi connectivity index (χ4n) is 2.51. The Bertz CT molecular complexity index is 528. The molecule has 0 atom stereocenters. The topological polar surface area (TPSA) is 70.2 Å². The van der Waals surface area contributed by atoms with Gasteiger partial charge in [0.1, 0.15) is 5.82 Å². The molecule has 0 unspecified atom stereocenters. The number of carbonyl (C=O) groups is 2. The Morgan fingerprint density at radius 1 is 1.10 bits per heavy atom. The van der Waals surface area contributed by atoms with Crippen LogP contribution in [0.3, 0.4) is 0 Å². The highest BCUT2D eigenvalue weighted by molar-refractivity contribution is 5.98. The number of benzene rings is 1. The van der Waals surface area contributed by atoms with E-state index in [0.717, 1.165) is 25.7 Å². The summed E-state index contributed by atoms with van der Waals surface area (Å²) in [4.78, 5) is 23.1. The number of hydrogen-bond donors (Lipinski definition) is 3. The van der Waals surface area contributed by atoms with Crippen LogP contribution in [0.5, 0.6) is 0 Å². The van der Waals surface area contributed by atoms with E-state index in [1.54, 1.807) is 0 Å². The number of amides is 3. The lowest BCUT2D eigenvalue weighted by molar-refractivity contribution is -0.114. The molecule has 3 N–H and O–H groups in total. The third kappa shape index (κ3) is 4.73. The third-order valence-electron chi connectivity index (χ3n) is 3.48. The van der Waals surface area contributed by atoms with E-state index >= 15 is 0 Å². The van der Waals surface area contributed by atoms with Gasteiger partial charge < -0.3 is 16.0 Å². The summed E-state index contributed by atoms with van der Waals surface area (Å²) in [5.74, 6) is -0.755. The van der Waals surface area contributed by atoms with Crippen molar-refractivity contribution in [1.29, 1.82) is 0 Å². The number of urea groups is 1. The molecule has 1 aromatic rings. The summed E-state index contributed by atoms with van der Waals surface area (Å²) in [6.07, 6.45) is 5.37. The van der Waals surface area contributed by atoms with E-state index in [1.165, 1.54) is 31.5 Å². The highest BCUT2D eigenvalue weighted by Crippen LogP contribution is 2.23. The van der Waals surface area contributed by atoms with E-state index in [2.05, 4.69) is 16.0 Å². The van der Waals surface area contributed by atoms with Gasteiger partial charge in [-0.15, -0.1) is 0 Å². The molecule has 0 saturated heterocycles. The predicted octanol–water partition coefficient (Wildman–Crippen LogP) is 3.24. The molecule has 21 heavy (non-hydrogen) atoms. The Balaban J connectivity index is 2.01. The molecule has 1 aliphatic rings. The molecule has 1 aliphatic carbocycles. The minimum Gasteiger partial charge on any atom is -0.335 e. The van der Waals surface area contributed by atoms with Crippen LogP contribution in [0.25, 0.3) is 0 Å². The molecule has 0 bridgehead atoms. The van der Waals surface area contributed by atoms with Crippen molar-refractivity contribution in [2.24, 2.45) is 0 Å². The van der Waals surface area contributed by atoms with E-state index < -0.39 is 5.82 Å². The quantitative estimate of drug-likeness (QED) is 0.800. The molecule has 0 aliphatic heterocycles. The molecular weight excluding hydrogens is 273 g/mol. The van der Waals surface area contributed by atoms with Crippen LogP contribution < -0.4 is 16.0 Å². The summed E-state index contributed by atoms with van der Waals surface area (Å²) in [6, 6.07) is 3.63. The minimum absolute atomic E-state index is 0.163. The van der Waals surface area contributed by atoms with Gasteiger partial charge in [-0.05, 0) is 31.0 Å². The maximum Gasteiger partial charge on any atom is 0.319 e. The van der Waals surface area contributed by atoms with E-state index in [1.807, 2.05) is 0 Å². The molecule has 1 aromatic carbocycles. The van der Waals surface area contributed by atoms with Gasteiger partial charge in [-0.3, -0.25) is 4.79 Å². The average Bonchev–Trinajstić information content (AvgIpc) is 2.42. The maximum absolute atomic E-state index is 13.3. The van der Waals surface area contributed by atoms with E-state index in [9.17, 15) is 14.0 Å². The van der Waals surface area contributed by atoms with Crippen LogP contribution in [-0.4, -0.2) is 18.0 Å². The van der Waals surface area contributed by atoms with Crippen LogP contribution >= 0.6 is 0 Å². The molecule has 6 heteroatoms. The first-order chi connectivity index (χ1) is 10.0. The number of anilines is 2. The van der Waals surface area contributed by atoms with E-state index in [-0.39, 0.29) is 23.7 Å². The number of carbonyl (C=O) groups excluding carboxylic acids is 2. The smallest absolute Gasteiger partial charge is 0.319 e. The summed E-state index contributed by atoms with van der Waals surface area (Å²) in [5.41, 5.74) is 0.626. The highest BCUT2D eigenvalue weighted by atomic mass is 19.1. The minimum atomic E-state index is -0.475. The summed E-state index contributed by atoms with van der Waals surface area (Å²) in [5, 5.41) is 8.04. The first-order valence-electron chi connectivity index (χ1n) is 7.19. The van der Waals surface area contributed by atoms with Crippen LogP contribution in [0.15, 0.2) is 18.2 Å². The molecule has 0 heterocycles. The molecular formula is C15H20FN3O2. The molecule has 3 amide bonds. The summed E-state index contributed by atoms with van der Waals surface area (Å²) < 4.78 is 13.3. The van der Waals surface area contributed by atoms with Gasteiger partial charge in [0, 0.05) is 13.0 Å². The van der Waals surface area contributed by atoms with Crippen LogP contribution in [0.2, 0.25) is 0 Å². The molecule has 0 spiro atoms. The monoisotopic (exact) mass is 293 g/mol. The van der Waals surface area contributed by atoms with Crippen molar-refractivity contribution < 1.29 is 14.0 Å². The Labute approximate surface area is 123 Å². The van der Waals surface area contributed by atoms with Gasteiger partial charge >= 0.3 is 6.03 Å². The molecule has 1 saturated carbocycles. The number of rotatable bonds is 3. The van der Waals surface area contributed by atoms with Crippen LogP contribution in [0.1, 0.15) is 39.0 Å². The van der Waals surface area contributed by atoms with Crippen molar-refractivity contribution in [3.8, 4) is 0 Å². The lowest BCUT2D eigenvalue weighted by Gasteiger charge is -2.23. The maximum atomic E-state index is 13.3. The van der Waals surface area contributed by atoms with Crippen LogP contribution in [0, 0.1) is 5.82 Å². The fourth-order valence-corrected chi connectivity index (χ4v) is 2.51. The second-order valence-corrected chi connectivity index (χ2v) is 5.30. The number of halogens is 1. The fraction of sp³-hybridized carbons (Fsp3) is 0.467. The lowest BCUT2D eigenvalue weighted by atomic mass is 9.96. The largest absolute Gasteiger partial charge is 0.335 e. The van der Waals surface area contributed by atoms with Crippen molar-refractivity contribution in [1.82, 2.24) is 5.32 Å². The number of nitrogens with one attached hydrogen (secondary N) is 3. The van der Waals surface area contributed by atoms with E-state index in [4.69, 9.17) is 0 Å². The van der Waals surface area contributed by atoms with Crippen molar-refractivity contribution in [2.45, 2.75) is 45.1 Å². The summed E-state index contributed by atoms with van der Waals surface area (Å²) in [6.45, 7) is 1.36. The average molecular weight is 293 g/mol. The van der Waals surface area contributed by atoms with Gasteiger partial charge in [0.05, 0.1) is 11.4 Å². The van der Waals surface area contributed by atoms with E-state index in [0.29, 0.717) is 5.69 Å². The predicted molar refractivity (Wildman–Crippen MR) is 79.7 cm³/mol. The molecule has 0 radical (unpaired) electrons. The first-order valence-corrected chi connectivity index (χ1v) is 7.19. The zero-order valence-electron chi connectivity index (χ0n) is 12.0. The normalized spacial score (nSPS) is 15.3. The van der Waals surface area contributed by atoms with Crippen molar-refractivity contribution in [3.05, 3.63) is 24.0 Å². The molecule has 2 rings (SSSR count). The van der Waals surface area contributed by atoms with Gasteiger partial charge in [-0.1, -0.05) is 19.3 Å². The Morgan fingerprint density at radius 2 is 1.81 bits per heavy atom. The Kier molecular flexibility index (Phi) is 5.14. The zero-order chi connectivity index (χ0) is 15.2. The van der Waals surface area contributed by atoms with Crippen LogP contribution in [0.4, 0.5) is 20.6 Å². The molecule has 5 nitrogen and oxygen atoms in total. The molecule has 0 aromatic heterocycles. The molecule has 1 fully saturated rings. The van der Waals surface area contributed by atoms with Gasteiger partial charge in [0.15, 0.2) is 0 Å². The van der Waals surface area contributed by atoms with Crippen LogP contribution in [-0.2, 0) is 4.79 Å². The van der Waals surface area contributed by atoms with Gasteiger partial charge in [-0.25, -0.2) is 9.18 Å². The van der Waals surface area contributed by atoms with Crippen molar-refractivity contribution in [3.63, 3.8) is 0 Å². The van der Waals surface area contributed by atoms with Gasteiger partial charge in [0.2, 0.25) is 5.91 Å². The lowest BCUT2D eigenvalue weighted by Crippen LogP contribution is -2.39.